The van der Waals surface area contributed by atoms with Crippen molar-refractivity contribution in [1.29, 1.82) is 0 Å². The number of ether oxygens (including phenoxy) is 2. The smallest absolute Gasteiger partial charge is 0.326 e. The molecule has 0 atom stereocenters. The van der Waals surface area contributed by atoms with Crippen LogP contribution in [-0.4, -0.2) is 76.5 Å². The second kappa shape index (κ2) is 16.2. The quantitative estimate of drug-likeness (QED) is 0.190. The van der Waals surface area contributed by atoms with Crippen LogP contribution < -0.4 is 5.14 Å². The first-order valence-electron chi connectivity index (χ1n) is 15.1. The molecule has 1 aromatic heterocycles. The maximum atomic E-state index is 13.6. The molecule has 2 aromatic carbocycles. The van der Waals surface area contributed by atoms with E-state index < -0.39 is 52.2 Å². The average molecular weight is 782 g/mol. The standard InChI is InChI=1S/C33H44IN5O7S/c1-32(2,3)45-30(41)22-39(23-31(42)46-33(4,5)6)29(40)21-38-18-16-36-28(38)20-37(19-25-7-11-26(34)12-8-25)17-15-24-9-13-27(14-10-24)47(35,43)44/h7-14,16,18H,15,17,19-23H2,1-6H3,(H2,35,43,44). The lowest BCUT2D eigenvalue weighted by atomic mass is 10.1. The lowest BCUT2D eigenvalue weighted by Crippen LogP contribution is -2.44. The lowest BCUT2D eigenvalue weighted by molar-refractivity contribution is -0.164. The Bertz CT molecular complexity index is 1600. The monoisotopic (exact) mass is 781 g/mol. The van der Waals surface area contributed by atoms with Crippen LogP contribution in [0.2, 0.25) is 0 Å². The molecule has 14 heteroatoms. The van der Waals surface area contributed by atoms with E-state index in [1.165, 1.54) is 12.1 Å². The third kappa shape index (κ3) is 13.7. The minimum Gasteiger partial charge on any atom is -0.459 e. The molecule has 1 amide bonds. The minimum atomic E-state index is -3.78. The lowest BCUT2D eigenvalue weighted by Gasteiger charge is -2.27. The van der Waals surface area contributed by atoms with Gasteiger partial charge in [-0.25, -0.2) is 18.5 Å². The van der Waals surface area contributed by atoms with Gasteiger partial charge in [0, 0.05) is 29.1 Å². The first-order chi connectivity index (χ1) is 21.8. The number of hydrogen-bond donors (Lipinski definition) is 1. The van der Waals surface area contributed by atoms with Gasteiger partial charge in [-0.3, -0.25) is 19.3 Å². The SMILES string of the molecule is CC(C)(C)OC(=O)CN(CC(=O)OC(C)(C)C)C(=O)Cn1ccnc1CN(CCc1ccc(S(N)(=O)=O)cc1)Cc1ccc(I)cc1. The van der Waals surface area contributed by atoms with Gasteiger partial charge in [0.05, 0.1) is 11.4 Å². The molecule has 0 spiro atoms. The predicted molar refractivity (Wildman–Crippen MR) is 185 cm³/mol. The van der Waals surface area contributed by atoms with Gasteiger partial charge in [-0.15, -0.1) is 0 Å². The second-order valence-electron chi connectivity index (χ2n) is 13.2. The van der Waals surface area contributed by atoms with Crippen LogP contribution in [0, 0.1) is 3.57 Å². The largest absolute Gasteiger partial charge is 0.459 e. The van der Waals surface area contributed by atoms with Gasteiger partial charge in [-0.1, -0.05) is 24.3 Å². The van der Waals surface area contributed by atoms with Gasteiger partial charge in [-0.05, 0) is 106 Å². The molecule has 0 saturated heterocycles. The van der Waals surface area contributed by atoms with Crippen molar-refractivity contribution in [3.63, 3.8) is 0 Å². The molecule has 0 aliphatic carbocycles. The highest BCUT2D eigenvalue weighted by atomic mass is 127. The van der Waals surface area contributed by atoms with Gasteiger partial charge in [0.1, 0.15) is 36.7 Å². The molecule has 256 valence electrons. The molecule has 3 rings (SSSR count). The molecule has 0 saturated carbocycles. The molecule has 1 heterocycles. The highest BCUT2D eigenvalue weighted by Crippen LogP contribution is 2.16. The summed E-state index contributed by atoms with van der Waals surface area (Å²) in [7, 11) is -3.78. The number of hydrogen-bond acceptors (Lipinski definition) is 9. The third-order valence-corrected chi connectivity index (χ3v) is 8.24. The van der Waals surface area contributed by atoms with Gasteiger partial charge < -0.3 is 18.9 Å². The molecule has 0 fully saturated rings. The Labute approximate surface area is 290 Å². The summed E-state index contributed by atoms with van der Waals surface area (Å²) in [5.41, 5.74) is 0.494. The van der Waals surface area contributed by atoms with Crippen molar-refractivity contribution < 1.29 is 32.3 Å². The fourth-order valence-corrected chi connectivity index (χ4v) is 5.44. The Kier molecular flexibility index (Phi) is 13.1. The Hall–Kier alpha value is -3.34. The first-order valence-corrected chi connectivity index (χ1v) is 17.7. The summed E-state index contributed by atoms with van der Waals surface area (Å²) < 4.78 is 37.0. The van der Waals surface area contributed by atoms with Crippen LogP contribution in [-0.2, 0) is 59.9 Å². The van der Waals surface area contributed by atoms with E-state index in [-0.39, 0.29) is 11.4 Å². The zero-order valence-corrected chi connectivity index (χ0v) is 30.7. The molecule has 0 unspecified atom stereocenters. The first kappa shape index (κ1) is 38.1. The van der Waals surface area contributed by atoms with E-state index in [9.17, 15) is 22.8 Å². The summed E-state index contributed by atoms with van der Waals surface area (Å²) in [6, 6.07) is 14.6. The molecule has 0 aliphatic heterocycles. The van der Waals surface area contributed by atoms with Gasteiger partial charge in [0.2, 0.25) is 15.9 Å². The Morgan fingerprint density at radius 1 is 0.851 bits per heavy atom. The molecule has 3 aromatic rings. The van der Waals surface area contributed by atoms with E-state index in [1.54, 1.807) is 70.6 Å². The summed E-state index contributed by atoms with van der Waals surface area (Å²) in [5, 5.41) is 5.25. The van der Waals surface area contributed by atoms with Crippen LogP contribution in [0.15, 0.2) is 65.8 Å². The molecule has 0 aliphatic rings. The highest BCUT2D eigenvalue weighted by molar-refractivity contribution is 14.1. The number of esters is 2. The topological polar surface area (TPSA) is 154 Å². The number of benzene rings is 2. The number of sulfonamides is 1. The summed E-state index contributed by atoms with van der Waals surface area (Å²) in [4.78, 5) is 46.8. The molecule has 0 bridgehead atoms. The fourth-order valence-electron chi connectivity index (χ4n) is 4.57. The normalized spacial score (nSPS) is 12.2. The van der Waals surface area contributed by atoms with Crippen molar-refractivity contribution in [1.82, 2.24) is 19.4 Å². The maximum Gasteiger partial charge on any atom is 0.326 e. The maximum absolute atomic E-state index is 13.6. The fraction of sp³-hybridized carbons (Fsp3) is 0.455. The Morgan fingerprint density at radius 2 is 1.38 bits per heavy atom. The van der Waals surface area contributed by atoms with Gasteiger partial charge in [0.15, 0.2) is 0 Å². The van der Waals surface area contributed by atoms with Gasteiger partial charge >= 0.3 is 11.9 Å². The van der Waals surface area contributed by atoms with Crippen molar-refractivity contribution in [3.05, 3.63) is 81.4 Å². The van der Waals surface area contributed by atoms with Crippen LogP contribution in [0.4, 0.5) is 0 Å². The number of nitrogens with two attached hydrogens (primary N) is 1. The van der Waals surface area contributed by atoms with Crippen LogP contribution in [0.5, 0.6) is 0 Å². The summed E-state index contributed by atoms with van der Waals surface area (Å²) in [6.07, 6.45) is 3.90. The Balaban J connectivity index is 1.79. The average Bonchev–Trinajstić information content (AvgIpc) is 3.36. The van der Waals surface area contributed by atoms with E-state index in [4.69, 9.17) is 14.6 Å². The van der Waals surface area contributed by atoms with Crippen molar-refractivity contribution in [2.24, 2.45) is 5.14 Å². The number of amides is 1. The Morgan fingerprint density at radius 3 is 1.89 bits per heavy atom. The number of rotatable bonds is 14. The van der Waals surface area contributed by atoms with E-state index in [0.717, 1.165) is 19.6 Å². The van der Waals surface area contributed by atoms with Crippen LogP contribution >= 0.6 is 22.6 Å². The molecular weight excluding hydrogens is 737 g/mol. The summed E-state index contributed by atoms with van der Waals surface area (Å²) in [5.74, 6) is -1.13. The number of aromatic nitrogens is 2. The number of primary sulfonamides is 1. The second-order valence-corrected chi connectivity index (χ2v) is 16.0. The molecule has 12 nitrogen and oxygen atoms in total. The predicted octanol–water partition coefficient (Wildman–Crippen LogP) is 3.89. The van der Waals surface area contributed by atoms with Crippen LogP contribution in [0.3, 0.4) is 0 Å². The van der Waals surface area contributed by atoms with Crippen molar-refractivity contribution in [2.75, 3.05) is 19.6 Å². The molecular formula is C33H44IN5O7S. The van der Waals surface area contributed by atoms with Crippen LogP contribution in [0.25, 0.3) is 0 Å². The van der Waals surface area contributed by atoms with Crippen molar-refractivity contribution in [2.45, 2.75) is 83.7 Å². The zero-order valence-electron chi connectivity index (χ0n) is 27.7. The van der Waals surface area contributed by atoms with Gasteiger partial charge in [-0.2, -0.15) is 0 Å². The molecule has 47 heavy (non-hydrogen) atoms. The summed E-state index contributed by atoms with van der Waals surface area (Å²) >= 11 is 2.25. The minimum absolute atomic E-state index is 0.0519. The van der Waals surface area contributed by atoms with Crippen molar-refractivity contribution in [3.8, 4) is 0 Å². The third-order valence-electron chi connectivity index (χ3n) is 6.59. The molecule has 2 N–H and O–H groups in total. The number of nitrogens with zero attached hydrogens (tertiary/aromatic N) is 4. The van der Waals surface area contributed by atoms with Gasteiger partial charge in [0.25, 0.3) is 0 Å². The van der Waals surface area contributed by atoms with E-state index in [0.29, 0.717) is 31.9 Å². The number of carbonyl (C=O) groups is 3. The number of carbonyl (C=O) groups excluding carboxylic acids is 3. The van der Waals surface area contributed by atoms with Crippen molar-refractivity contribution >= 4 is 50.5 Å². The van der Waals surface area contributed by atoms with E-state index in [2.05, 4.69) is 44.6 Å². The van der Waals surface area contributed by atoms with Crippen LogP contribution in [0.1, 0.15) is 58.5 Å². The zero-order chi connectivity index (χ0) is 35.0. The highest BCUT2D eigenvalue weighted by Gasteiger charge is 2.27. The van der Waals surface area contributed by atoms with E-state index >= 15 is 0 Å². The number of halogens is 1. The van der Waals surface area contributed by atoms with E-state index in [1.807, 2.05) is 12.1 Å². The molecule has 0 radical (unpaired) electrons. The number of imidazole rings is 1. The summed E-state index contributed by atoms with van der Waals surface area (Å²) in [6.45, 7) is 11.0.